The van der Waals surface area contributed by atoms with Gasteiger partial charge in [-0.15, -0.1) is 0 Å². The van der Waals surface area contributed by atoms with Crippen molar-refractivity contribution in [2.45, 2.75) is 52.4 Å². The molecular formula is C13H21N. The van der Waals surface area contributed by atoms with Crippen molar-refractivity contribution in [2.24, 2.45) is 23.2 Å². The molecule has 0 N–H and O–H groups in total. The van der Waals surface area contributed by atoms with Crippen LogP contribution in [0.5, 0.6) is 0 Å². The van der Waals surface area contributed by atoms with E-state index >= 15 is 0 Å². The lowest BCUT2D eigenvalue weighted by Gasteiger charge is -2.36. The molecule has 0 aromatic rings. The van der Waals surface area contributed by atoms with E-state index < -0.39 is 0 Å². The van der Waals surface area contributed by atoms with E-state index in [1.165, 1.54) is 38.5 Å². The van der Waals surface area contributed by atoms with Crippen LogP contribution in [0.2, 0.25) is 0 Å². The molecule has 2 rings (SSSR count). The molecule has 0 aromatic carbocycles. The molecule has 1 nitrogen and oxygen atoms in total. The molecule has 0 saturated heterocycles. The van der Waals surface area contributed by atoms with Crippen LogP contribution in [0.3, 0.4) is 0 Å². The quantitative estimate of drug-likeness (QED) is 0.666. The summed E-state index contributed by atoms with van der Waals surface area (Å²) in [5, 5.41) is 9.49. The highest BCUT2D eigenvalue weighted by Crippen LogP contribution is 2.59. The molecule has 2 aliphatic rings. The van der Waals surface area contributed by atoms with Gasteiger partial charge in [0.1, 0.15) is 0 Å². The lowest BCUT2D eigenvalue weighted by Crippen LogP contribution is -2.33. The van der Waals surface area contributed by atoms with E-state index in [9.17, 15) is 5.26 Å². The van der Waals surface area contributed by atoms with Gasteiger partial charge in [-0.2, -0.15) is 5.26 Å². The largest absolute Gasteiger partial charge is 0.198 e. The lowest BCUT2D eigenvalue weighted by molar-refractivity contribution is 0.146. The van der Waals surface area contributed by atoms with Gasteiger partial charge in [0.15, 0.2) is 0 Å². The first kappa shape index (κ1) is 10.0. The van der Waals surface area contributed by atoms with E-state index in [1.807, 2.05) is 0 Å². The molecule has 2 bridgehead atoms. The van der Waals surface area contributed by atoms with Gasteiger partial charge < -0.3 is 0 Å². The summed E-state index contributed by atoms with van der Waals surface area (Å²) in [4.78, 5) is 0. The van der Waals surface area contributed by atoms with Crippen molar-refractivity contribution in [2.75, 3.05) is 0 Å². The Labute approximate surface area is 87.5 Å². The third-order valence-corrected chi connectivity index (χ3v) is 4.71. The van der Waals surface area contributed by atoms with Gasteiger partial charge in [-0.25, -0.2) is 0 Å². The molecule has 78 valence electrons. The van der Waals surface area contributed by atoms with Gasteiger partial charge in [-0.1, -0.05) is 26.7 Å². The first-order valence-corrected chi connectivity index (χ1v) is 6.14. The molecular weight excluding hydrogens is 170 g/mol. The Hall–Kier alpha value is -0.510. The summed E-state index contributed by atoms with van der Waals surface area (Å²) < 4.78 is 0. The summed E-state index contributed by atoms with van der Waals surface area (Å²) >= 11 is 0. The van der Waals surface area contributed by atoms with Crippen LogP contribution in [0.1, 0.15) is 52.4 Å². The summed E-state index contributed by atoms with van der Waals surface area (Å²) in [5.74, 6) is 2.24. The second-order valence-electron chi connectivity index (χ2n) is 5.42. The first-order valence-electron chi connectivity index (χ1n) is 6.14. The van der Waals surface area contributed by atoms with Crippen molar-refractivity contribution in [3.05, 3.63) is 0 Å². The van der Waals surface area contributed by atoms with E-state index in [1.54, 1.807) is 0 Å². The fourth-order valence-electron chi connectivity index (χ4n) is 3.91. The Balaban J connectivity index is 2.15. The summed E-state index contributed by atoms with van der Waals surface area (Å²) in [7, 11) is 0. The number of hydrogen-bond donors (Lipinski definition) is 0. The molecule has 0 amide bonds. The molecule has 0 aliphatic heterocycles. The normalized spacial score (nSPS) is 42.4. The van der Waals surface area contributed by atoms with Gasteiger partial charge in [0.2, 0.25) is 0 Å². The van der Waals surface area contributed by atoms with E-state index in [4.69, 9.17) is 0 Å². The minimum atomic E-state index is 0.0684. The highest BCUT2D eigenvalue weighted by atomic mass is 14.6. The van der Waals surface area contributed by atoms with Crippen molar-refractivity contribution in [3.8, 4) is 6.07 Å². The second kappa shape index (κ2) is 3.57. The van der Waals surface area contributed by atoms with Crippen LogP contribution in [-0.2, 0) is 0 Å². The van der Waals surface area contributed by atoms with E-state index in [0.29, 0.717) is 5.92 Å². The third kappa shape index (κ3) is 1.28. The molecule has 2 saturated carbocycles. The molecule has 4 unspecified atom stereocenters. The fraction of sp³-hybridized carbons (Fsp3) is 0.923. The topological polar surface area (TPSA) is 23.8 Å². The van der Waals surface area contributed by atoms with Crippen LogP contribution in [-0.4, -0.2) is 0 Å². The van der Waals surface area contributed by atoms with Gasteiger partial charge in [-0.3, -0.25) is 0 Å². The predicted molar refractivity (Wildman–Crippen MR) is 57.6 cm³/mol. The van der Waals surface area contributed by atoms with Crippen molar-refractivity contribution < 1.29 is 0 Å². The zero-order valence-electron chi connectivity index (χ0n) is 9.42. The Morgan fingerprint density at radius 3 is 2.71 bits per heavy atom. The third-order valence-electron chi connectivity index (χ3n) is 4.71. The smallest absolute Gasteiger partial charge is 0.0695 e. The van der Waals surface area contributed by atoms with Crippen LogP contribution in [0.15, 0.2) is 0 Å². The van der Waals surface area contributed by atoms with Crippen LogP contribution in [0, 0.1) is 34.5 Å². The lowest BCUT2D eigenvalue weighted by atomic mass is 9.65. The summed E-state index contributed by atoms with van der Waals surface area (Å²) in [6.07, 6.45) is 7.73. The summed E-state index contributed by atoms with van der Waals surface area (Å²) in [6, 6.07) is 2.69. The Kier molecular flexibility index (Phi) is 2.56. The minimum absolute atomic E-state index is 0.0684. The molecule has 4 atom stereocenters. The number of nitrogens with zero attached hydrogens (tertiary/aromatic N) is 1. The molecule has 2 aliphatic carbocycles. The zero-order chi connectivity index (χ0) is 10.2. The molecule has 2 fully saturated rings. The van der Waals surface area contributed by atoms with Gasteiger partial charge in [0.25, 0.3) is 0 Å². The van der Waals surface area contributed by atoms with Crippen molar-refractivity contribution in [3.63, 3.8) is 0 Å². The Morgan fingerprint density at radius 1 is 1.50 bits per heavy atom. The predicted octanol–water partition coefficient (Wildman–Crippen LogP) is 3.75. The molecule has 0 heterocycles. The SMILES string of the molecule is CCCC(C)C1(C#N)CC2CCC1C2. The monoisotopic (exact) mass is 191 g/mol. The van der Waals surface area contributed by atoms with Crippen LogP contribution in [0.4, 0.5) is 0 Å². The first-order chi connectivity index (χ1) is 6.73. The number of nitriles is 1. The van der Waals surface area contributed by atoms with Crippen molar-refractivity contribution in [1.29, 1.82) is 5.26 Å². The molecule has 0 spiro atoms. The van der Waals surface area contributed by atoms with Crippen molar-refractivity contribution in [1.82, 2.24) is 0 Å². The van der Waals surface area contributed by atoms with Gasteiger partial charge in [0.05, 0.1) is 11.5 Å². The maximum atomic E-state index is 9.49. The van der Waals surface area contributed by atoms with Crippen LogP contribution < -0.4 is 0 Å². The maximum absolute atomic E-state index is 9.49. The van der Waals surface area contributed by atoms with Crippen LogP contribution >= 0.6 is 0 Å². The van der Waals surface area contributed by atoms with Gasteiger partial charge >= 0.3 is 0 Å². The standard InChI is InChI=1S/C13H21N/c1-3-4-10(2)13(9-14)8-11-5-6-12(13)7-11/h10-12H,3-8H2,1-2H3. The van der Waals surface area contributed by atoms with E-state index in [2.05, 4.69) is 19.9 Å². The average molecular weight is 191 g/mol. The highest BCUT2D eigenvalue weighted by molar-refractivity contribution is 5.13. The van der Waals surface area contributed by atoms with Crippen molar-refractivity contribution >= 4 is 0 Å². The number of fused-ring (bicyclic) bond motifs is 2. The minimum Gasteiger partial charge on any atom is -0.198 e. The zero-order valence-corrected chi connectivity index (χ0v) is 9.42. The van der Waals surface area contributed by atoms with Gasteiger partial charge in [-0.05, 0) is 43.4 Å². The fourth-order valence-corrected chi connectivity index (χ4v) is 3.91. The second-order valence-corrected chi connectivity index (χ2v) is 5.42. The van der Waals surface area contributed by atoms with Crippen LogP contribution in [0.25, 0.3) is 0 Å². The number of hydrogen-bond acceptors (Lipinski definition) is 1. The Bertz CT molecular complexity index is 252. The number of rotatable bonds is 3. The Morgan fingerprint density at radius 2 is 2.29 bits per heavy atom. The molecule has 14 heavy (non-hydrogen) atoms. The van der Waals surface area contributed by atoms with E-state index in [0.717, 1.165) is 11.8 Å². The molecule has 0 aromatic heterocycles. The molecule has 0 radical (unpaired) electrons. The summed E-state index contributed by atoms with van der Waals surface area (Å²) in [6.45, 7) is 4.53. The van der Waals surface area contributed by atoms with E-state index in [-0.39, 0.29) is 5.41 Å². The summed E-state index contributed by atoms with van der Waals surface area (Å²) in [5.41, 5.74) is 0.0684. The molecule has 1 heteroatoms. The highest BCUT2D eigenvalue weighted by Gasteiger charge is 2.53. The average Bonchev–Trinajstić information content (AvgIpc) is 2.77. The van der Waals surface area contributed by atoms with Gasteiger partial charge in [0, 0.05) is 0 Å². The maximum Gasteiger partial charge on any atom is 0.0695 e.